The van der Waals surface area contributed by atoms with Crippen molar-refractivity contribution in [2.24, 2.45) is 11.8 Å². The van der Waals surface area contributed by atoms with Crippen LogP contribution in [0.4, 0.5) is 0 Å². The fourth-order valence-electron chi connectivity index (χ4n) is 5.53. The van der Waals surface area contributed by atoms with E-state index in [1.54, 1.807) is 11.1 Å². The van der Waals surface area contributed by atoms with Gasteiger partial charge in [0.05, 0.1) is 0 Å². The van der Waals surface area contributed by atoms with E-state index in [0.717, 1.165) is 21.4 Å². The van der Waals surface area contributed by atoms with Gasteiger partial charge in [-0.3, -0.25) is 12.2 Å². The number of hydrogen-bond donors (Lipinski definition) is 0. The third-order valence-electron chi connectivity index (χ3n) is 7.55. The van der Waals surface area contributed by atoms with E-state index in [4.69, 9.17) is 0 Å². The molecule has 4 aliphatic rings. The molecular formula is C32H55Cl2SiZr. The van der Waals surface area contributed by atoms with E-state index in [2.05, 4.69) is 49.6 Å². The predicted octanol–water partition coefficient (Wildman–Crippen LogP) is 11.0. The second-order valence-corrected chi connectivity index (χ2v) is 11.8. The average Bonchev–Trinajstić information content (AvgIpc) is 3.44. The van der Waals surface area contributed by atoms with Gasteiger partial charge < -0.3 is 0 Å². The minimum atomic E-state index is 0. The van der Waals surface area contributed by atoms with Crippen molar-refractivity contribution in [1.29, 1.82) is 0 Å². The fraction of sp³-hybridized carbons (Fsp3) is 0.750. The molecule has 4 aliphatic carbocycles. The van der Waals surface area contributed by atoms with Gasteiger partial charge in [-0.15, -0.1) is 24.8 Å². The molecule has 1 radical (unpaired) electrons. The second-order valence-electron chi connectivity index (χ2n) is 10.6. The van der Waals surface area contributed by atoms with Crippen LogP contribution >= 0.6 is 24.8 Å². The smallest absolute Gasteiger partial charge is 0.256 e. The maximum atomic E-state index is 3.30. The normalized spacial score (nSPS) is 24.5. The molecule has 4 heteroatoms. The van der Waals surface area contributed by atoms with Gasteiger partial charge in [-0.25, -0.2) is 23.3 Å². The van der Waals surface area contributed by atoms with Gasteiger partial charge >= 0.3 is 26.2 Å². The Labute approximate surface area is 259 Å². The van der Waals surface area contributed by atoms with Crippen LogP contribution in [-0.4, -0.2) is 9.52 Å². The summed E-state index contributed by atoms with van der Waals surface area (Å²) in [6.07, 6.45) is 44.2. The van der Waals surface area contributed by atoms with E-state index in [-0.39, 0.29) is 51.0 Å². The van der Waals surface area contributed by atoms with E-state index in [1.165, 1.54) is 128 Å². The van der Waals surface area contributed by atoms with Crippen molar-refractivity contribution in [1.82, 2.24) is 0 Å². The molecule has 0 heterocycles. The number of allylic oxidation sites excluding steroid dienone is 8. The molecule has 2 saturated carbocycles. The van der Waals surface area contributed by atoms with E-state index in [0.29, 0.717) is 0 Å². The molecule has 0 nitrogen and oxygen atoms in total. The van der Waals surface area contributed by atoms with Crippen LogP contribution in [-0.2, 0) is 26.2 Å². The Balaban J connectivity index is 0. The third-order valence-corrected chi connectivity index (χ3v) is 7.55. The van der Waals surface area contributed by atoms with Crippen molar-refractivity contribution >= 4 is 34.3 Å². The van der Waals surface area contributed by atoms with Gasteiger partial charge in [-0.05, 0) is 0 Å². The van der Waals surface area contributed by atoms with E-state index < -0.39 is 0 Å². The van der Waals surface area contributed by atoms with Gasteiger partial charge in [0.15, 0.2) is 0 Å². The molecule has 0 bridgehead atoms. The van der Waals surface area contributed by atoms with Crippen molar-refractivity contribution < 1.29 is 26.2 Å². The summed E-state index contributed by atoms with van der Waals surface area (Å²) in [5, 5.41) is 0. The zero-order valence-corrected chi connectivity index (χ0v) is 28.7. The van der Waals surface area contributed by atoms with Crippen molar-refractivity contribution in [3.05, 3.63) is 47.6 Å². The zero-order valence-electron chi connectivity index (χ0n) is 23.5. The van der Waals surface area contributed by atoms with Crippen molar-refractivity contribution in [2.45, 2.75) is 142 Å². The summed E-state index contributed by atoms with van der Waals surface area (Å²) in [5.74, 6) is 1.51. The summed E-state index contributed by atoms with van der Waals surface area (Å²) in [5.41, 5.74) is 3.33. The van der Waals surface area contributed by atoms with E-state index >= 15 is 0 Å². The summed E-state index contributed by atoms with van der Waals surface area (Å²) in [4.78, 5) is 0. The van der Waals surface area contributed by atoms with Gasteiger partial charge in [-0.1, -0.05) is 153 Å². The molecular weight excluding hydrogens is 575 g/mol. The maximum Gasteiger partial charge on any atom is 2.00 e. The second kappa shape index (κ2) is 27.2. The molecule has 2 fully saturated rings. The molecule has 0 spiro atoms. The molecule has 0 amide bonds. The Morgan fingerprint density at radius 3 is 1.14 bits per heavy atom. The molecule has 0 N–H and O–H groups in total. The largest absolute Gasteiger partial charge is 2.00 e. The maximum absolute atomic E-state index is 3.30. The van der Waals surface area contributed by atoms with E-state index in [1.807, 2.05) is 0 Å². The standard InChI is InChI=1S/2C15H23.C2H7Si.2ClH.Zr/c2*1-2-4-6-8-11-15-13-9-12-14(15)10-7-5-3-1;1-3-2;;;/h2*12-14H,1-8,10-11H2;3H,1-2H3;2*1H;/q2*-1;;;;+2. The van der Waals surface area contributed by atoms with Crippen molar-refractivity contribution in [2.75, 3.05) is 0 Å². The third kappa shape index (κ3) is 18.0. The van der Waals surface area contributed by atoms with Gasteiger partial charge in [0.25, 0.3) is 0 Å². The molecule has 2 atom stereocenters. The van der Waals surface area contributed by atoms with Crippen LogP contribution in [0.15, 0.2) is 35.5 Å². The number of rotatable bonds is 0. The minimum Gasteiger partial charge on any atom is -0.256 e. The monoisotopic (exact) mass is 627 g/mol. The zero-order chi connectivity index (χ0) is 23.4. The Morgan fingerprint density at radius 1 is 0.528 bits per heavy atom. The Hall–Kier alpha value is 0.640. The molecule has 0 aliphatic heterocycles. The molecule has 36 heavy (non-hydrogen) atoms. The molecule has 0 aromatic rings. The quantitative estimate of drug-likeness (QED) is 0.185. The summed E-state index contributed by atoms with van der Waals surface area (Å²) in [6, 6.07) is 0. The average molecular weight is 630 g/mol. The van der Waals surface area contributed by atoms with Crippen LogP contribution in [0.2, 0.25) is 13.1 Å². The van der Waals surface area contributed by atoms with Gasteiger partial charge in [0.2, 0.25) is 0 Å². The van der Waals surface area contributed by atoms with Crippen LogP contribution in [0, 0.1) is 24.0 Å². The Kier molecular flexibility index (Phi) is 29.3. The topological polar surface area (TPSA) is 0 Å². The summed E-state index contributed by atoms with van der Waals surface area (Å²) >= 11 is 0. The van der Waals surface area contributed by atoms with Crippen LogP contribution < -0.4 is 0 Å². The summed E-state index contributed by atoms with van der Waals surface area (Å²) in [7, 11) is 0.750. The van der Waals surface area contributed by atoms with Crippen molar-refractivity contribution in [3.63, 3.8) is 0 Å². The van der Waals surface area contributed by atoms with Gasteiger partial charge in [0.1, 0.15) is 0 Å². The molecule has 205 valence electrons. The van der Waals surface area contributed by atoms with Crippen LogP contribution in [0.5, 0.6) is 0 Å². The molecule has 0 saturated heterocycles. The van der Waals surface area contributed by atoms with Gasteiger partial charge in [0, 0.05) is 9.52 Å². The predicted molar refractivity (Wildman–Crippen MR) is 164 cm³/mol. The number of hydrogen-bond acceptors (Lipinski definition) is 0. The SMILES string of the molecule is C[SiH]C.Cl.Cl.[C-]1=CC2CCCCCCCCCCC2=C1.[C-]1=CC2CCCCCCCCCCC2=C1.[Zr+2]. The number of halogens is 2. The van der Waals surface area contributed by atoms with Crippen LogP contribution in [0.25, 0.3) is 0 Å². The first-order chi connectivity index (χ1) is 16.3. The summed E-state index contributed by atoms with van der Waals surface area (Å²) < 4.78 is 0. The minimum absolute atomic E-state index is 0. The number of fused-ring (bicyclic) bond motifs is 2. The van der Waals surface area contributed by atoms with Crippen molar-refractivity contribution in [3.8, 4) is 0 Å². The van der Waals surface area contributed by atoms with Crippen LogP contribution in [0.1, 0.15) is 128 Å². The molecule has 0 aromatic heterocycles. The fourth-order valence-corrected chi connectivity index (χ4v) is 5.53. The summed E-state index contributed by atoms with van der Waals surface area (Å²) in [6.45, 7) is 4.42. The first-order valence-corrected chi connectivity index (χ1v) is 17.0. The van der Waals surface area contributed by atoms with Gasteiger partial charge in [-0.2, -0.15) is 12.2 Å². The molecule has 2 unspecified atom stereocenters. The first kappa shape index (κ1) is 38.8. The Bertz CT molecular complexity index is 559. The first-order valence-electron chi connectivity index (χ1n) is 14.7. The molecule has 4 rings (SSSR count). The van der Waals surface area contributed by atoms with Crippen LogP contribution in [0.3, 0.4) is 0 Å². The van der Waals surface area contributed by atoms with E-state index in [9.17, 15) is 0 Å². The Morgan fingerprint density at radius 2 is 0.806 bits per heavy atom. The molecule has 0 aromatic carbocycles.